The number of para-hydroxylation sites is 1. The summed E-state index contributed by atoms with van der Waals surface area (Å²) < 4.78 is 19.2. The van der Waals surface area contributed by atoms with Crippen molar-refractivity contribution in [2.75, 3.05) is 6.61 Å². The smallest absolute Gasteiger partial charge is 0.414 e. The number of imidazole rings is 1. The van der Waals surface area contributed by atoms with Crippen LogP contribution in [0.15, 0.2) is 60.8 Å². The van der Waals surface area contributed by atoms with Crippen LogP contribution >= 0.6 is 0 Å². The summed E-state index contributed by atoms with van der Waals surface area (Å²) in [6.45, 7) is 2.79. The van der Waals surface area contributed by atoms with Crippen LogP contribution in [0.5, 0.6) is 23.3 Å². The maximum absolute atomic E-state index is 10.9. The average molecular weight is 381 g/mol. The molecule has 28 heavy (non-hydrogen) atoms. The van der Waals surface area contributed by atoms with Gasteiger partial charge in [-0.15, -0.1) is 0 Å². The summed E-state index contributed by atoms with van der Waals surface area (Å²) in [5, 5.41) is 10.9. The Labute approximate surface area is 161 Å². The van der Waals surface area contributed by atoms with Gasteiger partial charge < -0.3 is 24.3 Å². The summed E-state index contributed by atoms with van der Waals surface area (Å²) in [5.41, 5.74) is -0.617. The fourth-order valence-corrected chi connectivity index (χ4v) is 2.91. The van der Waals surface area contributed by atoms with E-state index >= 15 is 0 Å². The number of fused-ring (bicyclic) bond motifs is 1. The van der Waals surface area contributed by atoms with Gasteiger partial charge in [-0.3, -0.25) is 4.57 Å². The zero-order chi connectivity index (χ0) is 19.6. The van der Waals surface area contributed by atoms with Crippen molar-refractivity contribution in [2.24, 2.45) is 0 Å². The number of aromatic nitrogens is 2. The van der Waals surface area contributed by atoms with Crippen molar-refractivity contribution in [3.05, 3.63) is 70.9 Å². The summed E-state index contributed by atoms with van der Waals surface area (Å²) in [5.74, 6) is 1.95. The van der Waals surface area contributed by atoms with Gasteiger partial charge in [0.2, 0.25) is 0 Å². The molecule has 1 aliphatic rings. The molecule has 1 unspecified atom stereocenters. The highest BCUT2D eigenvalue weighted by Gasteiger charge is 2.37. The average Bonchev–Trinajstić information content (AvgIpc) is 3.12. The molecule has 4 rings (SSSR count). The van der Waals surface area contributed by atoms with E-state index in [0.717, 1.165) is 5.75 Å². The molecule has 144 valence electrons. The van der Waals surface area contributed by atoms with Crippen LogP contribution in [-0.2, 0) is 6.54 Å². The molecule has 8 heteroatoms. The predicted octanol–water partition coefficient (Wildman–Crippen LogP) is 4.20. The highest BCUT2D eigenvalue weighted by molar-refractivity contribution is 5.35. The Morgan fingerprint density at radius 3 is 2.54 bits per heavy atom. The third-order valence-corrected chi connectivity index (χ3v) is 4.48. The number of aryl methyl sites for hydroxylation is 1. The summed E-state index contributed by atoms with van der Waals surface area (Å²) >= 11 is 0. The first-order chi connectivity index (χ1) is 13.5. The highest BCUT2D eigenvalue weighted by atomic mass is 16.6. The molecule has 8 nitrogen and oxygen atoms in total. The fraction of sp³-hybridized carbons (Fsp3) is 0.250. The second kappa shape index (κ2) is 7.22. The zero-order valence-electron chi connectivity index (χ0n) is 15.3. The molecule has 1 aromatic heterocycles. The van der Waals surface area contributed by atoms with Gasteiger partial charge in [0.25, 0.3) is 0 Å². The molecule has 0 radical (unpaired) electrons. The first kappa shape index (κ1) is 17.8. The minimum absolute atomic E-state index is 0.214. The maximum Gasteiger partial charge on any atom is 0.414 e. The van der Waals surface area contributed by atoms with Crippen molar-refractivity contribution < 1.29 is 19.1 Å². The lowest BCUT2D eigenvalue weighted by Gasteiger charge is -2.32. The van der Waals surface area contributed by atoms with Gasteiger partial charge in [-0.2, -0.15) is 0 Å². The van der Waals surface area contributed by atoms with E-state index in [-0.39, 0.29) is 11.8 Å². The van der Waals surface area contributed by atoms with Gasteiger partial charge in [-0.05, 0) is 48.2 Å². The lowest BCUT2D eigenvalue weighted by Crippen LogP contribution is -2.43. The van der Waals surface area contributed by atoms with Crippen LogP contribution < -0.4 is 14.2 Å². The standard InChI is InChI=1S/C20H19N3O5/c1-20(11-12-22-13-18(23(24)25)21-19(22)28-20)14-26-15-7-9-17(10-8-15)27-16-5-3-2-4-6-16/h2-10,13H,11-12,14H2,1H3. The van der Waals surface area contributed by atoms with E-state index in [1.165, 1.54) is 6.20 Å². The third-order valence-electron chi connectivity index (χ3n) is 4.48. The highest BCUT2D eigenvalue weighted by Crippen LogP contribution is 2.31. The van der Waals surface area contributed by atoms with E-state index in [2.05, 4.69) is 4.98 Å². The molecule has 2 aromatic carbocycles. The summed E-state index contributed by atoms with van der Waals surface area (Å²) in [6, 6.07) is 17.1. The van der Waals surface area contributed by atoms with Crippen LogP contribution in [-0.4, -0.2) is 26.7 Å². The van der Waals surface area contributed by atoms with Crippen LogP contribution in [0.4, 0.5) is 5.82 Å². The molecular formula is C20H19N3O5. The number of nitro groups is 1. The SMILES string of the molecule is CC1(COc2ccc(Oc3ccccc3)cc2)CCn2cc([N+](=O)[O-])nc2O1. The van der Waals surface area contributed by atoms with E-state index in [1.54, 1.807) is 4.57 Å². The summed E-state index contributed by atoms with van der Waals surface area (Å²) in [6.07, 6.45) is 2.05. The molecule has 0 bridgehead atoms. The first-order valence-electron chi connectivity index (χ1n) is 8.87. The Morgan fingerprint density at radius 1 is 1.14 bits per heavy atom. The van der Waals surface area contributed by atoms with Gasteiger partial charge in [0.15, 0.2) is 0 Å². The molecule has 0 N–H and O–H groups in total. The first-order valence-corrected chi connectivity index (χ1v) is 8.87. The van der Waals surface area contributed by atoms with Crippen LogP contribution in [0.3, 0.4) is 0 Å². The molecule has 3 aromatic rings. The quantitative estimate of drug-likeness (QED) is 0.470. The van der Waals surface area contributed by atoms with E-state index in [9.17, 15) is 10.1 Å². The van der Waals surface area contributed by atoms with Crippen molar-refractivity contribution in [2.45, 2.75) is 25.5 Å². The maximum atomic E-state index is 10.9. The van der Waals surface area contributed by atoms with Crippen molar-refractivity contribution in [1.82, 2.24) is 9.55 Å². The predicted molar refractivity (Wildman–Crippen MR) is 101 cm³/mol. The van der Waals surface area contributed by atoms with E-state index in [1.807, 2.05) is 61.5 Å². The van der Waals surface area contributed by atoms with Crippen LogP contribution in [0.2, 0.25) is 0 Å². The van der Waals surface area contributed by atoms with Crippen molar-refractivity contribution in [3.63, 3.8) is 0 Å². The lowest BCUT2D eigenvalue weighted by molar-refractivity contribution is -0.389. The van der Waals surface area contributed by atoms with Gasteiger partial charge >= 0.3 is 11.8 Å². The van der Waals surface area contributed by atoms with Crippen LogP contribution in [0.25, 0.3) is 0 Å². The van der Waals surface area contributed by atoms with Gasteiger partial charge in [0, 0.05) is 17.9 Å². The van der Waals surface area contributed by atoms with Crippen LogP contribution in [0, 0.1) is 10.1 Å². The van der Waals surface area contributed by atoms with Gasteiger partial charge in [0.05, 0.1) is 0 Å². The number of ether oxygens (including phenoxy) is 3. The summed E-state index contributed by atoms with van der Waals surface area (Å²) in [7, 11) is 0. The van der Waals surface area contributed by atoms with E-state index < -0.39 is 10.5 Å². The Hall–Kier alpha value is -3.55. The minimum atomic E-state index is -0.617. The monoisotopic (exact) mass is 381 g/mol. The van der Waals surface area contributed by atoms with E-state index in [4.69, 9.17) is 14.2 Å². The molecular weight excluding hydrogens is 362 g/mol. The molecule has 0 saturated carbocycles. The Balaban J connectivity index is 1.36. The number of hydrogen-bond donors (Lipinski definition) is 0. The summed E-state index contributed by atoms with van der Waals surface area (Å²) in [4.78, 5) is 14.3. The number of nitrogens with zero attached hydrogens (tertiary/aromatic N) is 3. The van der Waals surface area contributed by atoms with Crippen molar-refractivity contribution in [3.8, 4) is 23.3 Å². The topological polar surface area (TPSA) is 88.7 Å². The minimum Gasteiger partial charge on any atom is -0.489 e. The third kappa shape index (κ3) is 3.90. The van der Waals surface area contributed by atoms with Crippen molar-refractivity contribution >= 4 is 5.82 Å². The van der Waals surface area contributed by atoms with Crippen LogP contribution in [0.1, 0.15) is 13.3 Å². The largest absolute Gasteiger partial charge is 0.489 e. The fourth-order valence-electron chi connectivity index (χ4n) is 2.91. The van der Waals surface area contributed by atoms with E-state index in [0.29, 0.717) is 31.1 Å². The zero-order valence-corrected chi connectivity index (χ0v) is 15.3. The Bertz CT molecular complexity index is 971. The molecule has 0 aliphatic carbocycles. The number of benzene rings is 2. The molecule has 1 atom stereocenters. The lowest BCUT2D eigenvalue weighted by atomic mass is 10.0. The molecule has 0 fully saturated rings. The Kier molecular flexibility index (Phi) is 4.60. The van der Waals surface area contributed by atoms with Gasteiger partial charge in [-0.1, -0.05) is 18.2 Å². The Morgan fingerprint density at radius 2 is 1.82 bits per heavy atom. The molecule has 0 spiro atoms. The molecule has 0 saturated heterocycles. The second-order valence-electron chi connectivity index (χ2n) is 6.81. The molecule has 2 heterocycles. The number of hydrogen-bond acceptors (Lipinski definition) is 6. The normalized spacial score (nSPS) is 18.0. The molecule has 0 amide bonds. The van der Waals surface area contributed by atoms with Crippen molar-refractivity contribution in [1.29, 1.82) is 0 Å². The number of rotatable bonds is 6. The van der Waals surface area contributed by atoms with Gasteiger partial charge in [0.1, 0.15) is 35.7 Å². The molecule has 1 aliphatic heterocycles. The second-order valence-corrected chi connectivity index (χ2v) is 6.81. The van der Waals surface area contributed by atoms with Gasteiger partial charge in [-0.25, -0.2) is 0 Å².